The zero-order valence-corrected chi connectivity index (χ0v) is 15.8. The molecule has 2 saturated heterocycles. The van der Waals surface area contributed by atoms with E-state index in [9.17, 15) is 24.0 Å². The molecule has 4 amide bonds. The second-order valence-corrected chi connectivity index (χ2v) is 7.12. The summed E-state index contributed by atoms with van der Waals surface area (Å²) in [6.07, 6.45) is 1.16. The van der Waals surface area contributed by atoms with Crippen molar-refractivity contribution in [1.82, 2.24) is 10.2 Å². The van der Waals surface area contributed by atoms with Crippen molar-refractivity contribution in [2.45, 2.75) is 12.8 Å². The normalized spacial score (nSPS) is 16.6. The van der Waals surface area contributed by atoms with Crippen molar-refractivity contribution >= 4 is 46.4 Å². The van der Waals surface area contributed by atoms with E-state index in [1.165, 1.54) is 0 Å². The first-order valence-corrected chi connectivity index (χ1v) is 9.76. The molecule has 28 heavy (non-hydrogen) atoms. The number of nitrogens with zero attached hydrogens (tertiary/aromatic N) is 2. The number of thioether (sulfide) groups is 1. The average Bonchev–Trinajstić information content (AvgIpc) is 3.26. The highest BCUT2D eigenvalue weighted by molar-refractivity contribution is 8.14. The molecule has 2 heterocycles. The maximum Gasteiger partial charge on any atom is 0.340 e. The number of rotatable bonds is 7. The van der Waals surface area contributed by atoms with Gasteiger partial charge in [0, 0.05) is 26.1 Å². The van der Waals surface area contributed by atoms with Crippen molar-refractivity contribution in [3.05, 3.63) is 29.8 Å². The number of nitrogens with one attached hydrogen (secondary N) is 1. The first kappa shape index (κ1) is 19.9. The number of para-hydroxylation sites is 1. The summed E-state index contributed by atoms with van der Waals surface area (Å²) in [6, 6.07) is 6.60. The minimum atomic E-state index is -0.702. The number of amides is 4. The molecule has 2 aliphatic rings. The second kappa shape index (κ2) is 8.87. The van der Waals surface area contributed by atoms with E-state index in [4.69, 9.17) is 4.74 Å². The fraction of sp³-hybridized carbons (Fsp3) is 0.389. The Balaban J connectivity index is 1.49. The molecule has 148 valence electrons. The maximum absolute atomic E-state index is 12.4. The van der Waals surface area contributed by atoms with E-state index in [0.717, 1.165) is 23.1 Å². The quantitative estimate of drug-likeness (QED) is 0.667. The summed E-state index contributed by atoms with van der Waals surface area (Å²) in [7, 11) is 0. The van der Waals surface area contributed by atoms with Crippen LogP contribution < -0.4 is 10.2 Å². The molecule has 2 fully saturated rings. The van der Waals surface area contributed by atoms with Crippen molar-refractivity contribution in [1.29, 1.82) is 0 Å². The lowest BCUT2D eigenvalue weighted by atomic mass is 10.1. The topological polar surface area (TPSA) is 113 Å². The van der Waals surface area contributed by atoms with Gasteiger partial charge in [-0.1, -0.05) is 23.9 Å². The SMILES string of the molecule is O=C(COC(=O)c1ccccc1N1CCCC1=O)NCCN1C(=O)CSC1=O. The molecule has 0 atom stereocenters. The molecule has 0 aromatic heterocycles. The van der Waals surface area contributed by atoms with Gasteiger partial charge in [-0.25, -0.2) is 4.79 Å². The molecule has 1 aromatic rings. The van der Waals surface area contributed by atoms with Crippen molar-refractivity contribution < 1.29 is 28.7 Å². The molecule has 10 heteroatoms. The first-order chi connectivity index (χ1) is 13.5. The van der Waals surface area contributed by atoms with E-state index in [0.29, 0.717) is 18.7 Å². The van der Waals surface area contributed by atoms with Crippen LogP contribution in [-0.2, 0) is 19.1 Å². The van der Waals surface area contributed by atoms with Crippen LogP contribution in [0.2, 0.25) is 0 Å². The van der Waals surface area contributed by atoms with Gasteiger partial charge in [-0.15, -0.1) is 0 Å². The van der Waals surface area contributed by atoms with Crippen LogP contribution in [0.3, 0.4) is 0 Å². The molecule has 2 aliphatic heterocycles. The number of hydrogen-bond acceptors (Lipinski definition) is 7. The number of anilines is 1. The summed E-state index contributed by atoms with van der Waals surface area (Å²) in [4.78, 5) is 61.7. The summed E-state index contributed by atoms with van der Waals surface area (Å²) in [5.41, 5.74) is 0.690. The number of carbonyl (C=O) groups excluding carboxylic acids is 5. The lowest BCUT2D eigenvalue weighted by Gasteiger charge is -2.18. The van der Waals surface area contributed by atoms with E-state index >= 15 is 0 Å². The Labute approximate surface area is 165 Å². The van der Waals surface area contributed by atoms with Gasteiger partial charge < -0.3 is 15.0 Å². The summed E-state index contributed by atoms with van der Waals surface area (Å²) in [5, 5.41) is 2.16. The van der Waals surface area contributed by atoms with Crippen LogP contribution in [0.15, 0.2) is 24.3 Å². The van der Waals surface area contributed by atoms with Crippen LogP contribution in [-0.4, -0.2) is 65.8 Å². The predicted molar refractivity (Wildman–Crippen MR) is 101 cm³/mol. The molecule has 0 radical (unpaired) electrons. The zero-order chi connectivity index (χ0) is 20.1. The van der Waals surface area contributed by atoms with Crippen molar-refractivity contribution in [2.24, 2.45) is 0 Å². The fourth-order valence-corrected chi connectivity index (χ4v) is 3.70. The van der Waals surface area contributed by atoms with E-state index < -0.39 is 18.5 Å². The van der Waals surface area contributed by atoms with E-state index in [2.05, 4.69) is 5.32 Å². The summed E-state index contributed by atoms with van der Waals surface area (Å²) in [5.74, 6) is -1.48. The lowest BCUT2D eigenvalue weighted by Crippen LogP contribution is -2.38. The Morgan fingerprint density at radius 2 is 1.93 bits per heavy atom. The minimum Gasteiger partial charge on any atom is -0.452 e. The summed E-state index contributed by atoms with van der Waals surface area (Å²) >= 11 is 0.923. The van der Waals surface area contributed by atoms with Crippen LogP contribution in [0.1, 0.15) is 23.2 Å². The molecule has 0 saturated carbocycles. The Hall–Kier alpha value is -2.88. The molecule has 0 unspecified atom stereocenters. The molecule has 0 spiro atoms. The largest absolute Gasteiger partial charge is 0.452 e. The highest BCUT2D eigenvalue weighted by atomic mass is 32.2. The summed E-state index contributed by atoms with van der Waals surface area (Å²) < 4.78 is 5.05. The number of esters is 1. The molecular weight excluding hydrogens is 386 g/mol. The third-order valence-corrected chi connectivity index (χ3v) is 5.18. The van der Waals surface area contributed by atoms with Crippen molar-refractivity contribution in [2.75, 3.05) is 36.9 Å². The summed E-state index contributed by atoms with van der Waals surface area (Å²) in [6.45, 7) is 0.186. The van der Waals surface area contributed by atoms with Gasteiger partial charge in [-0.3, -0.25) is 24.1 Å². The Bertz CT molecular complexity index is 811. The first-order valence-electron chi connectivity index (χ1n) is 8.77. The Morgan fingerprint density at radius 1 is 1.14 bits per heavy atom. The van der Waals surface area contributed by atoms with E-state index in [1.54, 1.807) is 29.2 Å². The predicted octanol–water partition coefficient (Wildman–Crippen LogP) is 0.782. The number of imide groups is 1. The molecular formula is C18H19N3O6S. The Kier molecular flexibility index (Phi) is 6.30. The van der Waals surface area contributed by atoms with E-state index in [1.807, 2.05) is 0 Å². The lowest BCUT2D eigenvalue weighted by molar-refractivity contribution is -0.126. The van der Waals surface area contributed by atoms with Crippen LogP contribution in [0.25, 0.3) is 0 Å². The van der Waals surface area contributed by atoms with Crippen LogP contribution in [0.5, 0.6) is 0 Å². The van der Waals surface area contributed by atoms with Crippen LogP contribution in [0, 0.1) is 0 Å². The van der Waals surface area contributed by atoms with Crippen molar-refractivity contribution in [3.63, 3.8) is 0 Å². The molecule has 1 N–H and O–H groups in total. The molecule has 0 aliphatic carbocycles. The second-order valence-electron chi connectivity index (χ2n) is 6.19. The molecule has 1 aromatic carbocycles. The standard InChI is InChI=1S/C18H19N3O6S/c22-14(19-7-9-21-16(24)11-28-18(21)26)10-27-17(25)12-4-1-2-5-13(12)20-8-3-6-15(20)23/h1-2,4-5H,3,6-11H2,(H,19,22). The fourth-order valence-electron chi connectivity index (χ4n) is 2.95. The average molecular weight is 405 g/mol. The van der Waals surface area contributed by atoms with Gasteiger partial charge in [0.2, 0.25) is 11.8 Å². The number of ether oxygens (including phenoxy) is 1. The minimum absolute atomic E-state index is 0.0536. The van der Waals surface area contributed by atoms with Gasteiger partial charge in [-0.05, 0) is 18.6 Å². The number of hydrogen-bond donors (Lipinski definition) is 1. The van der Waals surface area contributed by atoms with E-state index in [-0.39, 0.29) is 41.5 Å². The van der Waals surface area contributed by atoms with Crippen LogP contribution in [0.4, 0.5) is 10.5 Å². The number of carbonyl (C=O) groups is 5. The molecule has 9 nitrogen and oxygen atoms in total. The monoisotopic (exact) mass is 405 g/mol. The third-order valence-electron chi connectivity index (χ3n) is 4.32. The smallest absolute Gasteiger partial charge is 0.340 e. The maximum atomic E-state index is 12.4. The Morgan fingerprint density at radius 3 is 2.61 bits per heavy atom. The van der Waals surface area contributed by atoms with Gasteiger partial charge in [0.1, 0.15) is 0 Å². The molecule has 0 bridgehead atoms. The highest BCUT2D eigenvalue weighted by Crippen LogP contribution is 2.26. The number of benzene rings is 1. The van der Waals surface area contributed by atoms with Gasteiger partial charge in [-0.2, -0.15) is 0 Å². The van der Waals surface area contributed by atoms with Gasteiger partial charge in [0.25, 0.3) is 11.1 Å². The zero-order valence-electron chi connectivity index (χ0n) is 15.0. The van der Waals surface area contributed by atoms with Crippen LogP contribution >= 0.6 is 11.8 Å². The molecule has 3 rings (SSSR count). The van der Waals surface area contributed by atoms with Crippen molar-refractivity contribution in [3.8, 4) is 0 Å². The van der Waals surface area contributed by atoms with Gasteiger partial charge in [0.05, 0.1) is 17.0 Å². The van der Waals surface area contributed by atoms with Gasteiger partial charge >= 0.3 is 5.97 Å². The highest BCUT2D eigenvalue weighted by Gasteiger charge is 2.29. The van der Waals surface area contributed by atoms with Gasteiger partial charge in [0.15, 0.2) is 6.61 Å². The third kappa shape index (κ3) is 4.50.